The zero-order chi connectivity index (χ0) is 16.8. The molecule has 2 aromatic carbocycles. The van der Waals surface area contributed by atoms with Crippen LogP contribution in [0.3, 0.4) is 0 Å². The zero-order valence-corrected chi connectivity index (χ0v) is 13.4. The predicted octanol–water partition coefficient (Wildman–Crippen LogP) is 1.87. The first-order valence-electron chi connectivity index (χ1n) is 8.16. The molecule has 1 aliphatic carbocycles. The summed E-state index contributed by atoms with van der Waals surface area (Å²) in [4.78, 5) is 24.5. The number of hydrogen-bond acceptors (Lipinski definition) is 3. The van der Waals surface area contributed by atoms with Crippen molar-refractivity contribution < 1.29 is 9.59 Å². The third-order valence-electron chi connectivity index (χ3n) is 3.88. The van der Waals surface area contributed by atoms with Crippen LogP contribution in [0.4, 0.5) is 0 Å². The van der Waals surface area contributed by atoms with E-state index in [9.17, 15) is 9.59 Å². The molecule has 0 unspecified atom stereocenters. The normalized spacial score (nSPS) is 14.7. The molecule has 2 amide bonds. The van der Waals surface area contributed by atoms with Gasteiger partial charge in [0.2, 0.25) is 11.8 Å². The van der Waals surface area contributed by atoms with Crippen LogP contribution in [0.1, 0.15) is 30.0 Å². The highest BCUT2D eigenvalue weighted by atomic mass is 16.2. The monoisotopic (exact) mass is 323 g/mol. The highest BCUT2D eigenvalue weighted by Crippen LogP contribution is 2.21. The van der Waals surface area contributed by atoms with Gasteiger partial charge in [0, 0.05) is 6.04 Å². The Morgan fingerprint density at radius 1 is 0.958 bits per heavy atom. The van der Waals surface area contributed by atoms with Gasteiger partial charge in [0.05, 0.1) is 6.42 Å². The van der Waals surface area contributed by atoms with Gasteiger partial charge in [-0.15, -0.1) is 0 Å². The van der Waals surface area contributed by atoms with E-state index in [4.69, 9.17) is 0 Å². The largest absolute Gasteiger partial charge is 0.352 e. The smallest absolute Gasteiger partial charge is 0.243 e. The van der Waals surface area contributed by atoms with E-state index >= 15 is 0 Å². The van der Waals surface area contributed by atoms with Crippen LogP contribution in [-0.2, 0) is 16.0 Å². The molecule has 0 aromatic heterocycles. The van der Waals surface area contributed by atoms with Crippen molar-refractivity contribution in [2.45, 2.75) is 31.3 Å². The van der Waals surface area contributed by atoms with E-state index in [0.717, 1.165) is 24.0 Å². The van der Waals surface area contributed by atoms with Gasteiger partial charge in [-0.25, -0.2) is 5.43 Å². The summed E-state index contributed by atoms with van der Waals surface area (Å²) >= 11 is 0. The van der Waals surface area contributed by atoms with Crippen LogP contribution < -0.4 is 16.2 Å². The van der Waals surface area contributed by atoms with Crippen molar-refractivity contribution in [1.82, 2.24) is 16.2 Å². The first-order chi connectivity index (χ1) is 11.7. The molecule has 3 N–H and O–H groups in total. The molecule has 1 aliphatic rings. The lowest BCUT2D eigenvalue weighted by Crippen LogP contribution is -2.47. The number of carbonyl (C=O) groups is 2. The molecule has 0 heterocycles. The summed E-state index contributed by atoms with van der Waals surface area (Å²) < 4.78 is 0. The Kier molecular flexibility index (Phi) is 5.23. The molecule has 0 aliphatic heterocycles. The highest BCUT2D eigenvalue weighted by Gasteiger charge is 2.28. The number of benzene rings is 2. The Hall–Kier alpha value is -2.66. The van der Waals surface area contributed by atoms with Gasteiger partial charge in [-0.3, -0.25) is 15.0 Å². The second-order valence-electron chi connectivity index (χ2n) is 5.98. The molecule has 124 valence electrons. The predicted molar refractivity (Wildman–Crippen MR) is 91.8 cm³/mol. The molecule has 5 heteroatoms. The van der Waals surface area contributed by atoms with E-state index in [-0.39, 0.29) is 24.3 Å². The third-order valence-corrected chi connectivity index (χ3v) is 3.88. The average Bonchev–Trinajstić information content (AvgIpc) is 3.41. The molecule has 0 saturated heterocycles. The fourth-order valence-corrected chi connectivity index (χ4v) is 2.44. The maximum absolute atomic E-state index is 12.4. The minimum absolute atomic E-state index is 0.122. The molecule has 0 spiro atoms. The van der Waals surface area contributed by atoms with Crippen LogP contribution in [0.5, 0.6) is 0 Å². The summed E-state index contributed by atoms with van der Waals surface area (Å²) in [7, 11) is 0. The first-order valence-corrected chi connectivity index (χ1v) is 8.16. The van der Waals surface area contributed by atoms with Crippen LogP contribution >= 0.6 is 0 Å². The maximum atomic E-state index is 12.4. The van der Waals surface area contributed by atoms with Gasteiger partial charge in [-0.2, -0.15) is 0 Å². The molecule has 24 heavy (non-hydrogen) atoms. The van der Waals surface area contributed by atoms with Gasteiger partial charge in [-0.05, 0) is 24.0 Å². The molecule has 1 saturated carbocycles. The number of rotatable bonds is 7. The average molecular weight is 323 g/mol. The summed E-state index contributed by atoms with van der Waals surface area (Å²) in [6, 6.07) is 18.5. The van der Waals surface area contributed by atoms with Gasteiger partial charge in [0.25, 0.3) is 0 Å². The van der Waals surface area contributed by atoms with Crippen molar-refractivity contribution in [3.8, 4) is 0 Å². The van der Waals surface area contributed by atoms with Crippen molar-refractivity contribution >= 4 is 11.8 Å². The molecular weight excluding hydrogens is 302 g/mol. The van der Waals surface area contributed by atoms with Gasteiger partial charge < -0.3 is 5.32 Å². The molecule has 1 atom stereocenters. The first kappa shape index (κ1) is 16.2. The maximum Gasteiger partial charge on any atom is 0.243 e. The summed E-state index contributed by atoms with van der Waals surface area (Å²) in [6.45, 7) is 0. The Morgan fingerprint density at radius 3 is 2.21 bits per heavy atom. The van der Waals surface area contributed by atoms with E-state index in [1.807, 2.05) is 60.7 Å². The van der Waals surface area contributed by atoms with Crippen molar-refractivity contribution in [1.29, 1.82) is 0 Å². The number of nitrogens with one attached hydrogen (secondary N) is 3. The minimum atomic E-state index is -0.605. The topological polar surface area (TPSA) is 70.2 Å². The Morgan fingerprint density at radius 2 is 1.58 bits per heavy atom. The fraction of sp³-hybridized carbons (Fsp3) is 0.263. The number of hydrazine groups is 1. The lowest BCUT2D eigenvalue weighted by Gasteiger charge is -2.19. The van der Waals surface area contributed by atoms with Crippen molar-refractivity contribution in [3.05, 3.63) is 71.8 Å². The van der Waals surface area contributed by atoms with E-state index in [2.05, 4.69) is 16.2 Å². The second-order valence-corrected chi connectivity index (χ2v) is 5.98. The molecule has 1 fully saturated rings. The Balaban J connectivity index is 1.61. The summed E-state index contributed by atoms with van der Waals surface area (Å²) in [5, 5.41) is 2.97. The van der Waals surface area contributed by atoms with Gasteiger partial charge >= 0.3 is 0 Å². The molecule has 0 bridgehead atoms. The summed E-state index contributed by atoms with van der Waals surface area (Å²) in [5.41, 5.74) is 7.27. The third kappa shape index (κ3) is 4.67. The summed E-state index contributed by atoms with van der Waals surface area (Å²) in [6.07, 6.45) is 2.31. The zero-order valence-electron chi connectivity index (χ0n) is 13.4. The fourth-order valence-electron chi connectivity index (χ4n) is 2.44. The van der Waals surface area contributed by atoms with Crippen molar-refractivity contribution in [2.24, 2.45) is 0 Å². The highest BCUT2D eigenvalue weighted by molar-refractivity contribution is 5.84. The van der Waals surface area contributed by atoms with Gasteiger partial charge in [-0.1, -0.05) is 60.7 Å². The summed E-state index contributed by atoms with van der Waals surface area (Å²) in [5.74, 6) is -0.301. The lowest BCUT2D eigenvalue weighted by atomic mass is 10.1. The standard InChI is InChI=1S/C19H21N3O2/c23-17(13-14-7-3-1-4-8-14)21-22-18(15-9-5-2-6-10-15)19(24)20-16-11-12-16/h1-10,16,18,22H,11-13H2,(H,20,24)(H,21,23)/t18-/m0/s1. The van der Waals surface area contributed by atoms with E-state index in [1.165, 1.54) is 0 Å². The molecule has 0 radical (unpaired) electrons. The van der Waals surface area contributed by atoms with Crippen LogP contribution in [0.2, 0.25) is 0 Å². The Bertz CT molecular complexity index is 684. The van der Waals surface area contributed by atoms with Crippen molar-refractivity contribution in [3.63, 3.8) is 0 Å². The van der Waals surface area contributed by atoms with Gasteiger partial charge in [0.15, 0.2) is 0 Å². The molecule has 3 rings (SSSR count). The SMILES string of the molecule is O=C(Cc1ccccc1)NN[C@H](C(=O)NC1CC1)c1ccccc1. The van der Waals surface area contributed by atoms with Crippen molar-refractivity contribution in [2.75, 3.05) is 0 Å². The number of carbonyl (C=O) groups excluding carboxylic acids is 2. The van der Waals surface area contributed by atoms with Crippen LogP contribution in [0, 0.1) is 0 Å². The minimum Gasteiger partial charge on any atom is -0.352 e. The Labute approximate surface area is 141 Å². The van der Waals surface area contributed by atoms with Crippen LogP contribution in [0.15, 0.2) is 60.7 Å². The van der Waals surface area contributed by atoms with Crippen LogP contribution in [0.25, 0.3) is 0 Å². The molecule has 5 nitrogen and oxygen atoms in total. The molecular formula is C19H21N3O2. The van der Waals surface area contributed by atoms with E-state index in [1.54, 1.807) is 0 Å². The second kappa shape index (κ2) is 7.75. The lowest BCUT2D eigenvalue weighted by molar-refractivity contribution is -0.125. The van der Waals surface area contributed by atoms with Gasteiger partial charge in [0.1, 0.15) is 6.04 Å². The van der Waals surface area contributed by atoms with Crippen LogP contribution in [-0.4, -0.2) is 17.9 Å². The van der Waals surface area contributed by atoms with E-state index in [0.29, 0.717) is 0 Å². The number of amides is 2. The number of hydrogen-bond donors (Lipinski definition) is 3. The quantitative estimate of drug-likeness (QED) is 0.681. The van der Waals surface area contributed by atoms with E-state index < -0.39 is 6.04 Å². The molecule has 2 aromatic rings.